The van der Waals surface area contributed by atoms with Crippen LogP contribution in [0.15, 0.2) is 534 Å². The van der Waals surface area contributed by atoms with Crippen LogP contribution in [0, 0.1) is 0 Å². The van der Waals surface area contributed by atoms with Gasteiger partial charge in [-0.05, 0) is 240 Å². The quantitative estimate of drug-likeness (QED) is 0.119. The first-order chi connectivity index (χ1) is 74.3. The van der Waals surface area contributed by atoms with E-state index in [9.17, 15) is 0 Å². The Bertz CT molecular complexity index is 8810. The van der Waals surface area contributed by atoms with E-state index in [1.165, 1.54) is 55.4 Å². The zero-order valence-electron chi connectivity index (χ0n) is 81.4. The second-order valence-corrected chi connectivity index (χ2v) is 38.9. The maximum Gasteiger partial charge on any atom is 0.260 e. The fourth-order valence-electron chi connectivity index (χ4n) is 22.9. The summed E-state index contributed by atoms with van der Waals surface area (Å²) in [6.07, 6.45) is 0. The van der Waals surface area contributed by atoms with Crippen LogP contribution in [0.4, 0.5) is 0 Å². The van der Waals surface area contributed by atoms with E-state index in [1.807, 2.05) is 60.7 Å². The third-order valence-electron chi connectivity index (χ3n) is 30.0. The molecule has 31 rings (SSSR count). The summed E-state index contributed by atoms with van der Waals surface area (Å²) in [4.78, 5) is 0. The van der Waals surface area contributed by atoms with E-state index in [1.54, 1.807) is 0 Å². The largest absolute Gasteiger partial charge is 0.458 e. The molecule has 0 N–H and O–H groups in total. The predicted molar refractivity (Wildman–Crippen MR) is 616 cm³/mol. The Morgan fingerprint density at radius 2 is 0.287 bits per heavy atom. The lowest BCUT2D eigenvalue weighted by molar-refractivity contribution is 0.464. The molecule has 8 heterocycles. The van der Waals surface area contributed by atoms with E-state index >= 15 is 0 Å². The third-order valence-corrected chi connectivity index (χ3v) is 30.0. The Morgan fingerprint density at radius 3 is 0.573 bits per heavy atom. The summed E-state index contributed by atoms with van der Waals surface area (Å²) in [5, 5.41) is 0. The molecule has 0 aliphatic carbocycles. The van der Waals surface area contributed by atoms with Gasteiger partial charge in [0.1, 0.15) is 92.0 Å². The highest BCUT2D eigenvalue weighted by Crippen LogP contribution is 2.49. The van der Waals surface area contributed by atoms with Gasteiger partial charge >= 0.3 is 0 Å². The summed E-state index contributed by atoms with van der Waals surface area (Å²) >= 11 is 0. The van der Waals surface area contributed by atoms with Gasteiger partial charge in [0, 0.05) is 33.0 Å². The van der Waals surface area contributed by atoms with Crippen LogP contribution in [-0.2, 0) is 0 Å². The van der Waals surface area contributed by atoms with Gasteiger partial charge in [0.15, 0.2) is 0 Å². The molecule has 0 bridgehead atoms. The highest BCUT2D eigenvalue weighted by molar-refractivity contribution is 7.00. The minimum absolute atomic E-state index is 0.000326. The first-order valence-corrected chi connectivity index (χ1v) is 51.1. The second-order valence-electron chi connectivity index (χ2n) is 38.9. The average molecular weight is 1920 g/mol. The molecule has 0 spiro atoms. The number of hydrogen-bond acceptors (Lipinski definition) is 8. The van der Waals surface area contributed by atoms with E-state index in [-0.39, 0.29) is 26.9 Å². The Balaban J connectivity index is 0.0000000962. The predicted octanol–water partition coefficient (Wildman–Crippen LogP) is 28.0. The molecule has 0 saturated heterocycles. The molecule has 23 aromatic carbocycles. The molecule has 150 heavy (non-hydrogen) atoms. The van der Waals surface area contributed by atoms with Gasteiger partial charge in [-0.3, -0.25) is 0 Å². The molecular formula is C138H88B4O8. The number of rotatable bonds is 11. The standard InChI is InChI=1S/3C36H23BO2.C30H19BO2/c1-4-12-24(13-5-1)27-22-32-34-33(23-27)39-36-29(26-16-8-3-9-17-26)19-11-21-31(36)37(34)30-20-10-18-28(35(30)38-32)25-14-6-2-7-15-25;1-4-10-24(11-5-1)27-16-18-32-30(20-27)37-31-21-28(25-12-6-2-7-13-25)17-19-33(31)39-35-23-29(22-34(38-32)36(35)37)26-14-8-3-9-15-26;1-4-10-24(11-5-1)27-16-18-30-32(20-27)38-34-22-29(26-14-8-3-9-15-26)23-35-36(34)37(30)31-19-17-28(21-33(31)39-35)25-12-6-2-7-13-25;1-3-9-20(10-4-1)22-15-16-27-25(17-22)31-24-13-7-8-14-26(24)32-28-18-23(19-29(33-27)30(28)31)21-11-5-2-6-12-21/h3*1-23H;1-19H. The van der Waals surface area contributed by atoms with Crippen molar-refractivity contribution in [1.29, 1.82) is 0 Å². The molecule has 0 unspecified atom stereocenters. The van der Waals surface area contributed by atoms with E-state index in [0.717, 1.165) is 225 Å². The highest BCUT2D eigenvalue weighted by atomic mass is 16.5. The molecule has 700 valence electrons. The Labute approximate surface area is 872 Å². The Hall–Kier alpha value is -19.3. The molecule has 0 aromatic heterocycles. The Kier molecular flexibility index (Phi) is 22.2. The van der Waals surface area contributed by atoms with E-state index < -0.39 is 0 Å². The van der Waals surface area contributed by atoms with E-state index in [0.29, 0.717) is 0 Å². The summed E-state index contributed by atoms with van der Waals surface area (Å²) in [6, 6.07) is 187. The van der Waals surface area contributed by atoms with Crippen molar-refractivity contribution < 1.29 is 37.9 Å². The summed E-state index contributed by atoms with van der Waals surface area (Å²) in [6.45, 7) is 0.0958. The zero-order valence-corrected chi connectivity index (χ0v) is 81.4. The van der Waals surface area contributed by atoms with Crippen LogP contribution in [0.5, 0.6) is 92.0 Å². The average Bonchev–Trinajstić information content (AvgIpc) is 0.725. The van der Waals surface area contributed by atoms with Crippen LogP contribution in [0.1, 0.15) is 0 Å². The molecule has 0 amide bonds. The minimum Gasteiger partial charge on any atom is -0.458 e. The number of hydrogen-bond donors (Lipinski definition) is 0. The van der Waals surface area contributed by atoms with Gasteiger partial charge in [0.2, 0.25) is 0 Å². The smallest absolute Gasteiger partial charge is 0.260 e. The summed E-state index contributed by atoms with van der Waals surface area (Å²) < 4.78 is 53.2. The van der Waals surface area contributed by atoms with Crippen LogP contribution < -0.4 is 103 Å². The number of benzene rings is 23. The Morgan fingerprint density at radius 1 is 0.100 bits per heavy atom. The molecule has 8 aliphatic rings. The maximum absolute atomic E-state index is 6.82. The summed E-state index contributed by atoms with van der Waals surface area (Å²) in [5.41, 5.74) is 38.8. The van der Waals surface area contributed by atoms with Crippen LogP contribution in [-0.4, -0.2) is 26.9 Å². The molecule has 12 heteroatoms. The fraction of sp³-hybridized carbons (Fsp3) is 0. The molecule has 0 atom stereocenters. The summed E-state index contributed by atoms with van der Waals surface area (Å²) in [5.74, 6) is 14.0. The van der Waals surface area contributed by atoms with Crippen molar-refractivity contribution in [1.82, 2.24) is 0 Å². The topological polar surface area (TPSA) is 73.8 Å². The van der Waals surface area contributed by atoms with Gasteiger partial charge in [-0.15, -0.1) is 0 Å². The SMILES string of the molecule is c1ccc(-c2cc3c4c(c2)Oc2c(cccc2-c2ccccc2)B4c2cccc(-c4ccccc4)c2O3)cc1.c1ccc(-c2cc3c4c(c2)Oc2ccc(-c5ccccc5)cc2B4c2cc(-c4ccccc4)ccc2O3)cc1.c1ccc(-c2cc3c4c(c2)Oc2ccc(-c5ccccc5)cc2B4c2ccccc2O3)cc1.c1ccc(-c2ccc3c(c2)Oc2cc(-c4ccccc4)cc4c2B3c2ccc(-c3ccccc3)cc2O4)cc1. The first kappa shape index (κ1) is 88.4. The molecule has 0 radical (unpaired) electrons. The maximum atomic E-state index is 6.82. The lowest BCUT2D eigenvalue weighted by Crippen LogP contribution is -2.57. The lowest BCUT2D eigenvalue weighted by atomic mass is 9.34. The van der Waals surface area contributed by atoms with Crippen LogP contribution in [0.25, 0.3) is 122 Å². The van der Waals surface area contributed by atoms with Gasteiger partial charge in [-0.2, -0.15) is 0 Å². The molecule has 8 aliphatic heterocycles. The second kappa shape index (κ2) is 37.7. The molecule has 0 saturated carbocycles. The molecule has 8 nitrogen and oxygen atoms in total. The normalized spacial score (nSPS) is 12.5. The minimum atomic E-state index is -0.000326. The first-order valence-electron chi connectivity index (χ1n) is 51.1. The van der Waals surface area contributed by atoms with Gasteiger partial charge < -0.3 is 37.9 Å². The van der Waals surface area contributed by atoms with Crippen molar-refractivity contribution in [2.75, 3.05) is 0 Å². The van der Waals surface area contributed by atoms with Crippen LogP contribution in [0.3, 0.4) is 0 Å². The lowest BCUT2D eigenvalue weighted by Gasteiger charge is -2.35. The van der Waals surface area contributed by atoms with Gasteiger partial charge in [0.05, 0.1) is 0 Å². The van der Waals surface area contributed by atoms with Crippen molar-refractivity contribution in [3.05, 3.63) is 534 Å². The van der Waals surface area contributed by atoms with Gasteiger partial charge in [-0.25, -0.2) is 0 Å². The van der Waals surface area contributed by atoms with E-state index in [4.69, 9.17) is 37.9 Å². The van der Waals surface area contributed by atoms with Gasteiger partial charge in [-0.1, -0.05) is 449 Å². The fourth-order valence-corrected chi connectivity index (χ4v) is 22.9. The van der Waals surface area contributed by atoms with Gasteiger partial charge in [0.25, 0.3) is 26.9 Å². The molecule has 0 fully saturated rings. The third kappa shape index (κ3) is 16.1. The van der Waals surface area contributed by atoms with Crippen molar-refractivity contribution in [3.8, 4) is 214 Å². The van der Waals surface area contributed by atoms with Crippen molar-refractivity contribution in [2.45, 2.75) is 0 Å². The molecule has 23 aromatic rings. The molecular weight excluding hydrogens is 1830 g/mol. The van der Waals surface area contributed by atoms with Crippen LogP contribution >= 0.6 is 0 Å². The monoisotopic (exact) mass is 1920 g/mol. The number of fused-ring (bicyclic) bond motifs is 16. The van der Waals surface area contributed by atoms with E-state index in [2.05, 4.69) is 473 Å². The zero-order chi connectivity index (χ0) is 99.1. The highest BCUT2D eigenvalue weighted by Gasteiger charge is 2.47. The van der Waals surface area contributed by atoms with Crippen molar-refractivity contribution >= 4 is 92.4 Å². The van der Waals surface area contributed by atoms with Crippen molar-refractivity contribution in [2.24, 2.45) is 0 Å². The van der Waals surface area contributed by atoms with Crippen molar-refractivity contribution in [3.63, 3.8) is 0 Å². The summed E-state index contributed by atoms with van der Waals surface area (Å²) in [7, 11) is 0. The number of para-hydroxylation sites is 3. The van der Waals surface area contributed by atoms with Crippen LogP contribution in [0.2, 0.25) is 0 Å². The number of ether oxygens (including phenoxy) is 8.